The van der Waals surface area contributed by atoms with Crippen molar-refractivity contribution in [3.05, 3.63) is 76.3 Å². The average Bonchev–Trinajstić information content (AvgIpc) is 2.88. The number of halogens is 2. The van der Waals surface area contributed by atoms with Crippen molar-refractivity contribution < 1.29 is 18.0 Å². The van der Waals surface area contributed by atoms with E-state index in [1.807, 2.05) is 31.2 Å². The van der Waals surface area contributed by atoms with Crippen molar-refractivity contribution in [1.29, 1.82) is 0 Å². The molecule has 198 valence electrons. The fourth-order valence-electron chi connectivity index (χ4n) is 3.83. The molecule has 10 heteroatoms. The second-order valence-corrected chi connectivity index (χ2v) is 11.7. The normalized spacial score (nSPS) is 12.5. The third kappa shape index (κ3) is 7.23. The summed E-state index contributed by atoms with van der Waals surface area (Å²) in [5.41, 5.74) is 0.663. The minimum absolute atomic E-state index is 0.0575. The van der Waals surface area contributed by atoms with Crippen LogP contribution in [0, 0.1) is 0 Å². The van der Waals surface area contributed by atoms with E-state index in [0.29, 0.717) is 22.2 Å². The lowest BCUT2D eigenvalue weighted by molar-refractivity contribution is -0.140. The van der Waals surface area contributed by atoms with Gasteiger partial charge in [0.2, 0.25) is 21.8 Å². The number of fused-ring (bicyclic) bond motifs is 1. The number of nitrogens with zero attached hydrogens (tertiary/aromatic N) is 2. The molecule has 0 saturated heterocycles. The van der Waals surface area contributed by atoms with Gasteiger partial charge in [0.1, 0.15) is 6.04 Å². The van der Waals surface area contributed by atoms with Crippen molar-refractivity contribution in [2.45, 2.75) is 44.2 Å². The SMILES string of the molecule is CCCCNC(=O)[C@H](C)N(Cc1ccc(Cl)c(Cl)c1)C(=O)CN(C)S(=O)(=O)c1ccc2ccccc2c1. The number of amides is 2. The lowest BCUT2D eigenvalue weighted by atomic mass is 10.1. The minimum Gasteiger partial charge on any atom is -0.354 e. The van der Waals surface area contributed by atoms with Gasteiger partial charge in [0.25, 0.3) is 0 Å². The third-order valence-electron chi connectivity index (χ3n) is 6.12. The molecule has 1 atom stereocenters. The first-order valence-corrected chi connectivity index (χ1v) is 14.2. The van der Waals surface area contributed by atoms with Gasteiger partial charge in [0.15, 0.2) is 0 Å². The molecule has 7 nitrogen and oxygen atoms in total. The van der Waals surface area contributed by atoms with E-state index >= 15 is 0 Å². The Labute approximate surface area is 228 Å². The number of hydrogen-bond acceptors (Lipinski definition) is 4. The zero-order valence-electron chi connectivity index (χ0n) is 21.1. The summed E-state index contributed by atoms with van der Waals surface area (Å²) in [6, 6.07) is 16.4. The van der Waals surface area contributed by atoms with E-state index in [1.54, 1.807) is 37.3 Å². The zero-order chi connectivity index (χ0) is 27.2. The molecule has 3 rings (SSSR count). The van der Waals surface area contributed by atoms with Crippen molar-refractivity contribution in [3.8, 4) is 0 Å². The van der Waals surface area contributed by atoms with Gasteiger partial charge < -0.3 is 10.2 Å². The van der Waals surface area contributed by atoms with Gasteiger partial charge in [-0.2, -0.15) is 4.31 Å². The summed E-state index contributed by atoms with van der Waals surface area (Å²) in [6.45, 7) is 3.74. The lowest BCUT2D eigenvalue weighted by Gasteiger charge is -2.30. The van der Waals surface area contributed by atoms with Crippen LogP contribution in [0.25, 0.3) is 10.8 Å². The van der Waals surface area contributed by atoms with E-state index in [4.69, 9.17) is 23.2 Å². The second kappa shape index (κ2) is 12.7. The second-order valence-electron chi connectivity index (χ2n) is 8.86. The molecule has 0 saturated carbocycles. The maximum absolute atomic E-state index is 13.5. The van der Waals surface area contributed by atoms with Crippen LogP contribution in [-0.2, 0) is 26.2 Å². The van der Waals surface area contributed by atoms with Gasteiger partial charge in [0, 0.05) is 20.1 Å². The third-order valence-corrected chi connectivity index (χ3v) is 8.66. The first kappa shape index (κ1) is 28.9. The summed E-state index contributed by atoms with van der Waals surface area (Å²) in [4.78, 5) is 27.7. The van der Waals surface area contributed by atoms with Crippen molar-refractivity contribution in [2.75, 3.05) is 20.1 Å². The lowest BCUT2D eigenvalue weighted by Crippen LogP contribution is -2.50. The molecule has 0 aromatic heterocycles. The summed E-state index contributed by atoms with van der Waals surface area (Å²) in [6.07, 6.45) is 1.73. The monoisotopic (exact) mass is 563 g/mol. The maximum atomic E-state index is 13.5. The molecule has 0 aliphatic heterocycles. The van der Waals surface area contributed by atoms with E-state index in [2.05, 4.69) is 5.32 Å². The molecule has 0 heterocycles. The summed E-state index contributed by atoms with van der Waals surface area (Å²) < 4.78 is 27.6. The number of sulfonamides is 1. The van der Waals surface area contributed by atoms with Crippen LogP contribution >= 0.6 is 23.2 Å². The fraction of sp³-hybridized carbons (Fsp3) is 0.333. The largest absolute Gasteiger partial charge is 0.354 e. The van der Waals surface area contributed by atoms with Crippen molar-refractivity contribution in [3.63, 3.8) is 0 Å². The quantitative estimate of drug-likeness (QED) is 0.329. The molecule has 2 amide bonds. The number of carbonyl (C=O) groups is 2. The maximum Gasteiger partial charge on any atom is 0.243 e. The molecule has 0 radical (unpaired) electrons. The van der Waals surface area contributed by atoms with Gasteiger partial charge in [-0.05, 0) is 53.9 Å². The van der Waals surface area contributed by atoms with Crippen LogP contribution in [0.5, 0.6) is 0 Å². The Morgan fingerprint density at radius 2 is 1.68 bits per heavy atom. The molecular weight excluding hydrogens is 533 g/mol. The number of nitrogens with one attached hydrogen (secondary N) is 1. The molecule has 0 aliphatic carbocycles. The van der Waals surface area contributed by atoms with Gasteiger partial charge >= 0.3 is 0 Å². The molecule has 3 aromatic rings. The van der Waals surface area contributed by atoms with Crippen molar-refractivity contribution in [1.82, 2.24) is 14.5 Å². The van der Waals surface area contributed by atoms with Crippen LogP contribution in [0.1, 0.15) is 32.3 Å². The average molecular weight is 565 g/mol. The van der Waals surface area contributed by atoms with Gasteiger partial charge in [0.05, 0.1) is 21.5 Å². The molecule has 0 unspecified atom stereocenters. The number of benzene rings is 3. The Bertz CT molecular complexity index is 1380. The van der Waals surface area contributed by atoms with Crippen LogP contribution < -0.4 is 5.32 Å². The molecule has 0 bridgehead atoms. The van der Waals surface area contributed by atoms with Crippen LogP contribution in [0.3, 0.4) is 0 Å². The molecule has 1 N–H and O–H groups in total. The first-order valence-electron chi connectivity index (χ1n) is 12.0. The highest BCUT2D eigenvalue weighted by molar-refractivity contribution is 7.89. The van der Waals surface area contributed by atoms with Crippen molar-refractivity contribution in [2.24, 2.45) is 0 Å². The smallest absolute Gasteiger partial charge is 0.243 e. The summed E-state index contributed by atoms with van der Waals surface area (Å²) >= 11 is 12.2. The number of hydrogen-bond donors (Lipinski definition) is 1. The van der Waals surface area contributed by atoms with Gasteiger partial charge in [-0.25, -0.2) is 8.42 Å². The van der Waals surface area contributed by atoms with Crippen molar-refractivity contribution >= 4 is 55.8 Å². The molecule has 0 fully saturated rings. The van der Waals surface area contributed by atoms with E-state index < -0.39 is 28.5 Å². The highest BCUT2D eigenvalue weighted by Crippen LogP contribution is 2.25. The summed E-state index contributed by atoms with van der Waals surface area (Å²) in [5, 5.41) is 5.22. The van der Waals surface area contributed by atoms with Crippen LogP contribution in [0.2, 0.25) is 10.0 Å². The van der Waals surface area contributed by atoms with E-state index in [1.165, 1.54) is 18.0 Å². The van der Waals surface area contributed by atoms with Gasteiger partial charge in [-0.15, -0.1) is 0 Å². The van der Waals surface area contributed by atoms with Gasteiger partial charge in [-0.3, -0.25) is 9.59 Å². The van der Waals surface area contributed by atoms with Gasteiger partial charge in [-0.1, -0.05) is 72.9 Å². The number of rotatable bonds is 11. The Balaban J connectivity index is 1.84. The molecule has 0 spiro atoms. The van der Waals surface area contributed by atoms with Crippen LogP contribution in [0.4, 0.5) is 0 Å². The Morgan fingerprint density at radius 3 is 2.35 bits per heavy atom. The molecule has 0 aliphatic rings. The van der Waals surface area contributed by atoms with Crippen LogP contribution in [0.15, 0.2) is 65.6 Å². The van der Waals surface area contributed by atoms with E-state index in [0.717, 1.165) is 27.9 Å². The fourth-order valence-corrected chi connectivity index (χ4v) is 5.30. The topological polar surface area (TPSA) is 86.8 Å². The summed E-state index contributed by atoms with van der Waals surface area (Å²) in [5.74, 6) is -0.835. The highest BCUT2D eigenvalue weighted by atomic mass is 35.5. The predicted octanol–water partition coefficient (Wildman–Crippen LogP) is 5.10. The predicted molar refractivity (Wildman–Crippen MR) is 148 cm³/mol. The zero-order valence-corrected chi connectivity index (χ0v) is 23.4. The first-order chi connectivity index (χ1) is 17.5. The Kier molecular flexibility index (Phi) is 9.95. The van der Waals surface area contributed by atoms with E-state index in [-0.39, 0.29) is 17.3 Å². The number of likely N-dealkylation sites (N-methyl/N-ethyl adjacent to an activating group) is 1. The molecular formula is C27H31Cl2N3O4S. The Morgan fingerprint density at radius 1 is 0.973 bits per heavy atom. The molecule has 3 aromatic carbocycles. The highest BCUT2D eigenvalue weighted by Gasteiger charge is 2.30. The Hall–Kier alpha value is -2.65. The number of unbranched alkanes of at least 4 members (excludes halogenated alkanes) is 1. The minimum atomic E-state index is -3.96. The molecule has 37 heavy (non-hydrogen) atoms. The van der Waals surface area contributed by atoms with E-state index in [9.17, 15) is 18.0 Å². The standard InChI is InChI=1S/C27H31Cl2N3O4S/c1-4-5-14-30-27(34)19(2)32(17-20-10-13-24(28)25(29)15-20)26(33)18-31(3)37(35,36)23-12-11-21-8-6-7-9-22(21)16-23/h6-13,15-16,19H,4-5,14,17-18H2,1-3H3,(H,30,34)/t19-/m0/s1. The summed E-state index contributed by atoms with van der Waals surface area (Å²) in [7, 11) is -2.61. The van der Waals surface area contributed by atoms with Crippen LogP contribution in [-0.4, -0.2) is 55.6 Å². The number of carbonyl (C=O) groups excluding carboxylic acids is 2.